The summed E-state index contributed by atoms with van der Waals surface area (Å²) in [6.07, 6.45) is 4.57. The van der Waals surface area contributed by atoms with Gasteiger partial charge in [-0.05, 0) is 37.4 Å². The number of nitrogens with one attached hydrogen (secondary N) is 1. The highest BCUT2D eigenvalue weighted by Crippen LogP contribution is 2.18. The van der Waals surface area contributed by atoms with E-state index in [2.05, 4.69) is 44.3 Å². The SMILES string of the molecule is CCCNC(CCC)COc1ccccc1CC. The Kier molecular flexibility index (Phi) is 7.51. The number of ether oxygens (including phenoxy) is 1. The summed E-state index contributed by atoms with van der Waals surface area (Å²) in [6.45, 7) is 8.43. The number of para-hydroxylation sites is 1. The van der Waals surface area contributed by atoms with E-state index in [1.165, 1.54) is 24.8 Å². The van der Waals surface area contributed by atoms with Crippen LogP contribution in [-0.4, -0.2) is 19.2 Å². The van der Waals surface area contributed by atoms with Gasteiger partial charge in [-0.25, -0.2) is 0 Å². The Balaban J connectivity index is 2.49. The standard InChI is InChI=1S/C16H27NO/c1-4-9-15(17-12-5-2)13-18-16-11-8-7-10-14(16)6-3/h7-8,10-11,15,17H,4-6,9,12-13H2,1-3H3. The minimum Gasteiger partial charge on any atom is -0.492 e. The average Bonchev–Trinajstić information content (AvgIpc) is 2.42. The maximum absolute atomic E-state index is 5.98. The van der Waals surface area contributed by atoms with Crippen LogP contribution >= 0.6 is 0 Å². The quantitative estimate of drug-likeness (QED) is 0.719. The summed E-state index contributed by atoms with van der Waals surface area (Å²) in [5.41, 5.74) is 1.29. The van der Waals surface area contributed by atoms with Crippen molar-refractivity contribution in [2.24, 2.45) is 0 Å². The van der Waals surface area contributed by atoms with E-state index in [1.54, 1.807) is 0 Å². The molecule has 0 fully saturated rings. The summed E-state index contributed by atoms with van der Waals surface area (Å²) in [6, 6.07) is 8.80. The summed E-state index contributed by atoms with van der Waals surface area (Å²) >= 11 is 0. The third kappa shape index (κ3) is 5.09. The zero-order chi connectivity index (χ0) is 13.2. The van der Waals surface area contributed by atoms with E-state index in [9.17, 15) is 0 Å². The molecule has 0 aliphatic heterocycles. The van der Waals surface area contributed by atoms with Crippen LogP contribution in [0.4, 0.5) is 0 Å². The monoisotopic (exact) mass is 249 g/mol. The lowest BCUT2D eigenvalue weighted by molar-refractivity contribution is 0.254. The second-order valence-corrected chi connectivity index (χ2v) is 4.71. The molecular weight excluding hydrogens is 222 g/mol. The third-order valence-corrected chi connectivity index (χ3v) is 3.11. The Labute approximate surface area is 112 Å². The molecule has 0 aliphatic rings. The van der Waals surface area contributed by atoms with Crippen molar-refractivity contribution in [3.63, 3.8) is 0 Å². The molecule has 18 heavy (non-hydrogen) atoms. The minimum absolute atomic E-state index is 0.472. The lowest BCUT2D eigenvalue weighted by Gasteiger charge is -2.19. The van der Waals surface area contributed by atoms with Crippen LogP contribution in [0, 0.1) is 0 Å². The summed E-state index contributed by atoms with van der Waals surface area (Å²) < 4.78 is 5.98. The van der Waals surface area contributed by atoms with Gasteiger partial charge in [0.1, 0.15) is 12.4 Å². The highest BCUT2D eigenvalue weighted by atomic mass is 16.5. The molecule has 0 heterocycles. The molecule has 1 aromatic carbocycles. The van der Waals surface area contributed by atoms with Gasteiger partial charge >= 0.3 is 0 Å². The predicted octanol–water partition coefficient (Wildman–Crippen LogP) is 3.80. The average molecular weight is 249 g/mol. The first-order valence-electron chi connectivity index (χ1n) is 7.25. The van der Waals surface area contributed by atoms with Gasteiger partial charge in [0.05, 0.1) is 0 Å². The van der Waals surface area contributed by atoms with E-state index >= 15 is 0 Å². The largest absolute Gasteiger partial charge is 0.492 e. The fourth-order valence-corrected chi connectivity index (χ4v) is 2.07. The Morgan fingerprint density at radius 3 is 2.56 bits per heavy atom. The van der Waals surface area contributed by atoms with Crippen molar-refractivity contribution in [3.05, 3.63) is 29.8 Å². The van der Waals surface area contributed by atoms with Gasteiger partial charge in [-0.1, -0.05) is 45.4 Å². The normalized spacial score (nSPS) is 12.4. The summed E-state index contributed by atoms with van der Waals surface area (Å²) in [4.78, 5) is 0. The van der Waals surface area contributed by atoms with Crippen LogP contribution in [0.3, 0.4) is 0 Å². The summed E-state index contributed by atoms with van der Waals surface area (Å²) in [7, 11) is 0. The molecule has 1 aromatic rings. The van der Waals surface area contributed by atoms with Gasteiger partial charge in [-0.3, -0.25) is 0 Å². The highest BCUT2D eigenvalue weighted by Gasteiger charge is 2.08. The molecule has 2 heteroatoms. The topological polar surface area (TPSA) is 21.3 Å². The van der Waals surface area contributed by atoms with Gasteiger partial charge in [0.15, 0.2) is 0 Å². The van der Waals surface area contributed by atoms with Crippen molar-refractivity contribution in [1.29, 1.82) is 0 Å². The van der Waals surface area contributed by atoms with Gasteiger partial charge in [0, 0.05) is 6.04 Å². The van der Waals surface area contributed by atoms with Crippen molar-refractivity contribution in [1.82, 2.24) is 5.32 Å². The van der Waals surface area contributed by atoms with Crippen LogP contribution in [0.25, 0.3) is 0 Å². The van der Waals surface area contributed by atoms with Gasteiger partial charge < -0.3 is 10.1 Å². The second kappa shape index (κ2) is 8.98. The maximum atomic E-state index is 5.98. The minimum atomic E-state index is 0.472. The van der Waals surface area contributed by atoms with Crippen LogP contribution in [0.1, 0.15) is 45.6 Å². The van der Waals surface area contributed by atoms with Crippen LogP contribution in [-0.2, 0) is 6.42 Å². The first-order valence-corrected chi connectivity index (χ1v) is 7.25. The highest BCUT2D eigenvalue weighted by molar-refractivity contribution is 5.33. The molecule has 0 spiro atoms. The predicted molar refractivity (Wildman–Crippen MR) is 78.3 cm³/mol. The first kappa shape index (κ1) is 15.0. The molecule has 2 nitrogen and oxygen atoms in total. The molecule has 0 bridgehead atoms. The molecule has 1 unspecified atom stereocenters. The molecule has 1 rings (SSSR count). The fourth-order valence-electron chi connectivity index (χ4n) is 2.07. The number of benzene rings is 1. The first-order chi connectivity index (χ1) is 8.81. The van der Waals surface area contributed by atoms with Crippen molar-refractivity contribution in [3.8, 4) is 5.75 Å². The number of hydrogen-bond acceptors (Lipinski definition) is 2. The van der Waals surface area contributed by atoms with Crippen molar-refractivity contribution >= 4 is 0 Å². The molecule has 0 aliphatic carbocycles. The third-order valence-electron chi connectivity index (χ3n) is 3.11. The van der Waals surface area contributed by atoms with Gasteiger partial charge in [0.25, 0.3) is 0 Å². The van der Waals surface area contributed by atoms with E-state index in [0.29, 0.717) is 6.04 Å². The van der Waals surface area contributed by atoms with Crippen LogP contribution in [0.5, 0.6) is 5.75 Å². The molecule has 1 N–H and O–H groups in total. The summed E-state index contributed by atoms with van der Waals surface area (Å²) in [5, 5.41) is 3.55. The molecule has 102 valence electrons. The smallest absolute Gasteiger partial charge is 0.122 e. The lowest BCUT2D eigenvalue weighted by atomic mass is 10.1. The Bertz CT molecular complexity index is 325. The Hall–Kier alpha value is -1.02. The van der Waals surface area contributed by atoms with Gasteiger partial charge in [0.2, 0.25) is 0 Å². The molecule has 0 amide bonds. The van der Waals surface area contributed by atoms with E-state index in [1.807, 2.05) is 6.07 Å². The van der Waals surface area contributed by atoms with E-state index in [0.717, 1.165) is 25.3 Å². The number of aryl methyl sites for hydroxylation is 1. The van der Waals surface area contributed by atoms with E-state index in [4.69, 9.17) is 4.74 Å². The number of hydrogen-bond donors (Lipinski definition) is 1. The van der Waals surface area contributed by atoms with Crippen molar-refractivity contribution in [2.45, 2.75) is 52.5 Å². The maximum Gasteiger partial charge on any atom is 0.122 e. The Morgan fingerprint density at radius 1 is 1.11 bits per heavy atom. The molecule has 1 atom stereocenters. The van der Waals surface area contributed by atoms with Gasteiger partial charge in [-0.2, -0.15) is 0 Å². The van der Waals surface area contributed by atoms with Crippen molar-refractivity contribution in [2.75, 3.05) is 13.2 Å². The lowest BCUT2D eigenvalue weighted by Crippen LogP contribution is -2.35. The van der Waals surface area contributed by atoms with Crippen LogP contribution in [0.15, 0.2) is 24.3 Å². The fraction of sp³-hybridized carbons (Fsp3) is 0.625. The zero-order valence-corrected chi connectivity index (χ0v) is 12.0. The van der Waals surface area contributed by atoms with Crippen molar-refractivity contribution < 1.29 is 4.74 Å². The molecular formula is C16H27NO. The molecule has 0 saturated carbocycles. The zero-order valence-electron chi connectivity index (χ0n) is 12.0. The Morgan fingerprint density at radius 2 is 1.89 bits per heavy atom. The summed E-state index contributed by atoms with van der Waals surface area (Å²) in [5.74, 6) is 1.04. The van der Waals surface area contributed by atoms with Crippen LogP contribution in [0.2, 0.25) is 0 Å². The second-order valence-electron chi connectivity index (χ2n) is 4.71. The number of rotatable bonds is 9. The van der Waals surface area contributed by atoms with Crippen LogP contribution < -0.4 is 10.1 Å². The molecule has 0 radical (unpaired) electrons. The van der Waals surface area contributed by atoms with E-state index in [-0.39, 0.29) is 0 Å². The molecule has 0 aromatic heterocycles. The van der Waals surface area contributed by atoms with E-state index < -0.39 is 0 Å². The molecule has 0 saturated heterocycles. The van der Waals surface area contributed by atoms with Gasteiger partial charge in [-0.15, -0.1) is 0 Å².